The molecule has 1 aromatic carbocycles. The molecule has 0 aliphatic carbocycles. The summed E-state index contributed by atoms with van der Waals surface area (Å²) in [5, 5.41) is 9.30. The highest BCUT2D eigenvalue weighted by Crippen LogP contribution is 2.25. The van der Waals surface area contributed by atoms with Gasteiger partial charge in [-0.1, -0.05) is 12.1 Å². The van der Waals surface area contributed by atoms with Crippen molar-refractivity contribution in [2.24, 2.45) is 0 Å². The number of phenols is 1. The number of hydrogen-bond donors (Lipinski definition) is 1. The fourth-order valence-corrected chi connectivity index (χ4v) is 0.830. The van der Waals surface area contributed by atoms with E-state index in [1.807, 2.05) is 0 Å². The second kappa shape index (κ2) is 3.94. The maximum absolute atomic E-state index is 10.9. The van der Waals surface area contributed by atoms with Gasteiger partial charge in [0.15, 0.2) is 23.4 Å². The first-order chi connectivity index (χ1) is 6.11. The second-order valence-electron chi connectivity index (χ2n) is 2.84. The maximum atomic E-state index is 10.9. The van der Waals surface area contributed by atoms with E-state index < -0.39 is 6.10 Å². The molecule has 0 amide bonds. The number of para-hydroxylation sites is 2. The van der Waals surface area contributed by atoms with Gasteiger partial charge < -0.3 is 9.84 Å². The number of Topliss-reactive ketones (excluding diaryl/α,β-unsaturated/α-hetero) is 1. The molecule has 1 rings (SSSR count). The first-order valence-electron chi connectivity index (χ1n) is 4.06. The Morgan fingerprint density at radius 3 is 2.62 bits per heavy atom. The van der Waals surface area contributed by atoms with Crippen molar-refractivity contribution in [1.29, 1.82) is 0 Å². The minimum absolute atomic E-state index is 0.0515. The molecular formula is C10H12O3. The van der Waals surface area contributed by atoms with Gasteiger partial charge in [-0.15, -0.1) is 0 Å². The average molecular weight is 180 g/mol. The number of rotatable bonds is 3. The number of carbonyl (C=O) groups is 1. The molecule has 0 spiro atoms. The van der Waals surface area contributed by atoms with Crippen LogP contribution in [0.2, 0.25) is 0 Å². The monoisotopic (exact) mass is 180 g/mol. The third-order valence-electron chi connectivity index (χ3n) is 1.74. The van der Waals surface area contributed by atoms with Crippen LogP contribution in [0.25, 0.3) is 0 Å². The second-order valence-corrected chi connectivity index (χ2v) is 2.84. The zero-order valence-electron chi connectivity index (χ0n) is 7.65. The van der Waals surface area contributed by atoms with Gasteiger partial charge in [0.05, 0.1) is 0 Å². The molecule has 70 valence electrons. The molecule has 0 heterocycles. The van der Waals surface area contributed by atoms with Crippen LogP contribution in [0.3, 0.4) is 0 Å². The molecule has 0 saturated heterocycles. The van der Waals surface area contributed by atoms with E-state index in [0.29, 0.717) is 5.75 Å². The lowest BCUT2D eigenvalue weighted by Crippen LogP contribution is -2.20. The number of carbonyl (C=O) groups excluding carboxylic acids is 1. The molecule has 0 bridgehead atoms. The highest BCUT2D eigenvalue weighted by Gasteiger charge is 2.10. The van der Waals surface area contributed by atoms with E-state index in [1.165, 1.54) is 13.0 Å². The Morgan fingerprint density at radius 1 is 1.46 bits per heavy atom. The zero-order chi connectivity index (χ0) is 9.84. The van der Waals surface area contributed by atoms with Gasteiger partial charge in [-0.2, -0.15) is 0 Å². The minimum atomic E-state index is -0.520. The summed E-state index contributed by atoms with van der Waals surface area (Å²) in [6, 6.07) is 6.57. The summed E-state index contributed by atoms with van der Waals surface area (Å²) in [5.41, 5.74) is 0. The summed E-state index contributed by atoms with van der Waals surface area (Å²) in [5.74, 6) is 0.323. The fraction of sp³-hybridized carbons (Fsp3) is 0.300. The van der Waals surface area contributed by atoms with E-state index in [2.05, 4.69) is 0 Å². The SMILES string of the molecule is CC(=O)C(C)Oc1ccccc1O. The summed E-state index contributed by atoms with van der Waals surface area (Å²) in [4.78, 5) is 10.9. The number of ether oxygens (including phenoxy) is 1. The van der Waals surface area contributed by atoms with Crippen molar-refractivity contribution in [3.63, 3.8) is 0 Å². The predicted octanol–water partition coefficient (Wildman–Crippen LogP) is 1.75. The lowest BCUT2D eigenvalue weighted by molar-refractivity contribution is -0.122. The Labute approximate surface area is 77.0 Å². The van der Waals surface area contributed by atoms with Gasteiger partial charge in [-0.3, -0.25) is 4.79 Å². The zero-order valence-corrected chi connectivity index (χ0v) is 7.65. The number of benzene rings is 1. The molecule has 0 radical (unpaired) electrons. The van der Waals surface area contributed by atoms with E-state index in [0.717, 1.165) is 0 Å². The van der Waals surface area contributed by atoms with Crippen LogP contribution in [0.15, 0.2) is 24.3 Å². The normalized spacial score (nSPS) is 12.2. The van der Waals surface area contributed by atoms with Crippen LogP contribution < -0.4 is 4.74 Å². The number of ketones is 1. The third-order valence-corrected chi connectivity index (χ3v) is 1.74. The molecule has 1 unspecified atom stereocenters. The van der Waals surface area contributed by atoms with E-state index in [4.69, 9.17) is 4.74 Å². The molecule has 0 aliphatic rings. The molecule has 1 N–H and O–H groups in total. The van der Waals surface area contributed by atoms with E-state index >= 15 is 0 Å². The van der Waals surface area contributed by atoms with Gasteiger partial charge in [0.1, 0.15) is 0 Å². The Bertz CT molecular complexity index is 307. The van der Waals surface area contributed by atoms with Crippen molar-refractivity contribution in [3.8, 4) is 11.5 Å². The smallest absolute Gasteiger partial charge is 0.169 e. The van der Waals surface area contributed by atoms with Crippen molar-refractivity contribution in [2.45, 2.75) is 20.0 Å². The highest BCUT2D eigenvalue weighted by atomic mass is 16.5. The van der Waals surface area contributed by atoms with Crippen LogP contribution in [0.1, 0.15) is 13.8 Å². The molecule has 0 fully saturated rings. The molecule has 0 saturated carbocycles. The van der Waals surface area contributed by atoms with Crippen molar-refractivity contribution < 1.29 is 14.6 Å². The van der Waals surface area contributed by atoms with E-state index in [9.17, 15) is 9.90 Å². The Kier molecular flexibility index (Phi) is 2.90. The number of hydrogen-bond acceptors (Lipinski definition) is 3. The molecule has 1 atom stereocenters. The molecule has 0 aliphatic heterocycles. The summed E-state index contributed by atoms with van der Waals surface area (Å²) in [6.45, 7) is 3.10. The van der Waals surface area contributed by atoms with Gasteiger partial charge in [0.25, 0.3) is 0 Å². The quantitative estimate of drug-likeness (QED) is 0.770. The Morgan fingerprint density at radius 2 is 2.08 bits per heavy atom. The Hall–Kier alpha value is -1.51. The molecule has 1 aromatic rings. The molecule has 0 aromatic heterocycles. The van der Waals surface area contributed by atoms with Gasteiger partial charge in [0.2, 0.25) is 0 Å². The lowest BCUT2D eigenvalue weighted by Gasteiger charge is -2.12. The topological polar surface area (TPSA) is 46.5 Å². The van der Waals surface area contributed by atoms with Crippen molar-refractivity contribution in [1.82, 2.24) is 0 Å². The molecule has 13 heavy (non-hydrogen) atoms. The summed E-state index contributed by atoms with van der Waals surface area (Å²) in [6.07, 6.45) is -0.520. The highest BCUT2D eigenvalue weighted by molar-refractivity contribution is 5.80. The maximum Gasteiger partial charge on any atom is 0.169 e. The van der Waals surface area contributed by atoms with Crippen molar-refractivity contribution in [3.05, 3.63) is 24.3 Å². The van der Waals surface area contributed by atoms with Gasteiger partial charge in [0, 0.05) is 0 Å². The summed E-state index contributed by atoms with van der Waals surface area (Å²) >= 11 is 0. The van der Waals surface area contributed by atoms with E-state index in [-0.39, 0.29) is 11.5 Å². The minimum Gasteiger partial charge on any atom is -0.504 e. The van der Waals surface area contributed by atoms with Crippen LogP contribution in [0.4, 0.5) is 0 Å². The standard InChI is InChI=1S/C10H12O3/c1-7(11)8(2)13-10-6-4-3-5-9(10)12/h3-6,8,12H,1-2H3. The van der Waals surface area contributed by atoms with Gasteiger partial charge >= 0.3 is 0 Å². The third kappa shape index (κ3) is 2.47. The van der Waals surface area contributed by atoms with Crippen molar-refractivity contribution in [2.75, 3.05) is 0 Å². The van der Waals surface area contributed by atoms with Crippen LogP contribution >= 0.6 is 0 Å². The number of phenolic OH excluding ortho intramolecular Hbond substituents is 1. The summed E-state index contributed by atoms with van der Waals surface area (Å²) < 4.78 is 5.21. The van der Waals surface area contributed by atoms with Crippen LogP contribution in [-0.4, -0.2) is 17.0 Å². The summed E-state index contributed by atoms with van der Waals surface area (Å²) in [7, 11) is 0. The number of aromatic hydroxyl groups is 1. The van der Waals surface area contributed by atoms with Gasteiger partial charge in [-0.05, 0) is 26.0 Å². The Balaban J connectivity index is 2.74. The van der Waals surface area contributed by atoms with Crippen LogP contribution in [0.5, 0.6) is 11.5 Å². The fourth-order valence-electron chi connectivity index (χ4n) is 0.830. The lowest BCUT2D eigenvalue weighted by atomic mass is 10.3. The first-order valence-corrected chi connectivity index (χ1v) is 4.06. The predicted molar refractivity (Wildman–Crippen MR) is 48.9 cm³/mol. The molecular weight excluding hydrogens is 168 g/mol. The molecule has 3 nitrogen and oxygen atoms in total. The first kappa shape index (κ1) is 9.58. The molecule has 3 heteroatoms. The van der Waals surface area contributed by atoms with Gasteiger partial charge in [-0.25, -0.2) is 0 Å². The largest absolute Gasteiger partial charge is 0.504 e. The van der Waals surface area contributed by atoms with Crippen molar-refractivity contribution >= 4 is 5.78 Å². The van der Waals surface area contributed by atoms with Crippen LogP contribution in [-0.2, 0) is 4.79 Å². The van der Waals surface area contributed by atoms with E-state index in [1.54, 1.807) is 25.1 Å². The average Bonchev–Trinajstić information content (AvgIpc) is 2.08. The van der Waals surface area contributed by atoms with Crippen LogP contribution in [0, 0.1) is 0 Å².